The van der Waals surface area contributed by atoms with Crippen molar-refractivity contribution in [3.63, 3.8) is 0 Å². The summed E-state index contributed by atoms with van der Waals surface area (Å²) in [7, 11) is 0. The van der Waals surface area contributed by atoms with Crippen molar-refractivity contribution in [3.8, 4) is 11.5 Å². The number of hydrogen-bond donors (Lipinski definition) is 1. The Morgan fingerprint density at radius 1 is 1.17 bits per heavy atom. The van der Waals surface area contributed by atoms with E-state index >= 15 is 0 Å². The fraction of sp³-hybridized carbons (Fsp3) is 0.222. The molecule has 24 heavy (non-hydrogen) atoms. The van der Waals surface area contributed by atoms with Gasteiger partial charge in [0.15, 0.2) is 11.5 Å². The molecule has 0 saturated carbocycles. The van der Waals surface area contributed by atoms with Crippen molar-refractivity contribution in [1.29, 1.82) is 0 Å². The minimum Gasteiger partial charge on any atom is -0.486 e. The van der Waals surface area contributed by atoms with Crippen LogP contribution in [0.25, 0.3) is 0 Å². The van der Waals surface area contributed by atoms with E-state index in [1.807, 2.05) is 30.3 Å². The molecule has 0 radical (unpaired) electrons. The lowest BCUT2D eigenvalue weighted by molar-refractivity contribution is -0.126. The summed E-state index contributed by atoms with van der Waals surface area (Å²) in [5.74, 6) is 1.00. The third-order valence-corrected chi connectivity index (χ3v) is 3.40. The van der Waals surface area contributed by atoms with Gasteiger partial charge in [0.2, 0.25) is 6.10 Å². The van der Waals surface area contributed by atoms with E-state index in [2.05, 4.69) is 10.5 Å². The maximum absolute atomic E-state index is 12.1. The summed E-state index contributed by atoms with van der Waals surface area (Å²) >= 11 is 0. The standard InChI is InChI=1S/C18H18N2O4/c1-13(24-19-12-14-5-3-2-4-6-14)18(21)20-15-7-8-16-17(11-15)23-10-9-22-16/h2-8,11-13H,9-10H2,1H3,(H,20,21)/b19-12-/t13-/m0/s1. The molecule has 1 aliphatic heterocycles. The second-order valence-corrected chi connectivity index (χ2v) is 5.24. The minimum atomic E-state index is -0.724. The van der Waals surface area contributed by atoms with Gasteiger partial charge in [-0.3, -0.25) is 4.79 Å². The predicted octanol–water partition coefficient (Wildman–Crippen LogP) is 2.84. The van der Waals surface area contributed by atoms with Gasteiger partial charge in [0.1, 0.15) is 13.2 Å². The SMILES string of the molecule is C[C@H](O/N=C\c1ccccc1)C(=O)Nc1ccc2c(c1)OCCO2. The number of ether oxygens (including phenoxy) is 2. The number of nitrogens with one attached hydrogen (secondary N) is 1. The molecule has 6 nitrogen and oxygen atoms in total. The normalized spacial score (nSPS) is 14.2. The highest BCUT2D eigenvalue weighted by Gasteiger charge is 2.16. The summed E-state index contributed by atoms with van der Waals surface area (Å²) in [6.45, 7) is 2.66. The molecular formula is C18H18N2O4. The van der Waals surface area contributed by atoms with E-state index in [1.54, 1.807) is 31.3 Å². The zero-order valence-electron chi connectivity index (χ0n) is 13.3. The van der Waals surface area contributed by atoms with Crippen LogP contribution in [0.15, 0.2) is 53.7 Å². The monoisotopic (exact) mass is 326 g/mol. The van der Waals surface area contributed by atoms with Crippen molar-refractivity contribution >= 4 is 17.8 Å². The van der Waals surface area contributed by atoms with Crippen LogP contribution in [-0.4, -0.2) is 31.4 Å². The largest absolute Gasteiger partial charge is 0.486 e. The molecule has 0 unspecified atom stereocenters. The molecule has 1 amide bonds. The first kappa shape index (κ1) is 15.9. The first-order valence-electron chi connectivity index (χ1n) is 7.67. The quantitative estimate of drug-likeness (QED) is 0.677. The van der Waals surface area contributed by atoms with E-state index in [1.165, 1.54) is 0 Å². The van der Waals surface area contributed by atoms with Gasteiger partial charge >= 0.3 is 0 Å². The molecule has 0 bridgehead atoms. The highest BCUT2D eigenvalue weighted by molar-refractivity contribution is 5.94. The molecule has 2 aromatic carbocycles. The van der Waals surface area contributed by atoms with Crippen LogP contribution >= 0.6 is 0 Å². The molecule has 1 heterocycles. The van der Waals surface area contributed by atoms with Crippen molar-refractivity contribution in [2.24, 2.45) is 5.16 Å². The predicted molar refractivity (Wildman–Crippen MR) is 90.6 cm³/mol. The Labute approximate surface area is 140 Å². The molecule has 1 atom stereocenters. The van der Waals surface area contributed by atoms with Gasteiger partial charge in [-0.15, -0.1) is 0 Å². The summed E-state index contributed by atoms with van der Waals surface area (Å²) in [4.78, 5) is 17.3. The second-order valence-electron chi connectivity index (χ2n) is 5.24. The van der Waals surface area contributed by atoms with Gasteiger partial charge in [-0.1, -0.05) is 35.5 Å². The van der Waals surface area contributed by atoms with Crippen LogP contribution < -0.4 is 14.8 Å². The number of carbonyl (C=O) groups is 1. The Kier molecular flexibility index (Phi) is 4.96. The van der Waals surface area contributed by atoms with E-state index in [4.69, 9.17) is 14.3 Å². The fourth-order valence-corrected chi connectivity index (χ4v) is 2.13. The van der Waals surface area contributed by atoms with Gasteiger partial charge in [0, 0.05) is 11.8 Å². The molecule has 0 spiro atoms. The molecule has 0 aromatic heterocycles. The van der Waals surface area contributed by atoms with E-state index in [-0.39, 0.29) is 5.91 Å². The van der Waals surface area contributed by atoms with Crippen LogP contribution in [-0.2, 0) is 9.63 Å². The molecule has 3 rings (SSSR count). The Morgan fingerprint density at radius 2 is 1.92 bits per heavy atom. The second kappa shape index (κ2) is 7.50. The Balaban J connectivity index is 1.55. The van der Waals surface area contributed by atoms with E-state index in [9.17, 15) is 4.79 Å². The van der Waals surface area contributed by atoms with E-state index < -0.39 is 6.10 Å². The van der Waals surface area contributed by atoms with Crippen molar-refractivity contribution in [1.82, 2.24) is 0 Å². The summed E-state index contributed by atoms with van der Waals surface area (Å²) < 4.78 is 10.9. The summed E-state index contributed by atoms with van der Waals surface area (Å²) in [5.41, 5.74) is 1.52. The number of rotatable bonds is 5. The first-order valence-corrected chi connectivity index (χ1v) is 7.67. The van der Waals surface area contributed by atoms with Crippen LogP contribution in [0.2, 0.25) is 0 Å². The number of fused-ring (bicyclic) bond motifs is 1. The van der Waals surface area contributed by atoms with Crippen LogP contribution in [0.4, 0.5) is 5.69 Å². The van der Waals surface area contributed by atoms with Crippen molar-refractivity contribution in [3.05, 3.63) is 54.1 Å². The zero-order valence-corrected chi connectivity index (χ0v) is 13.3. The average Bonchev–Trinajstić information content (AvgIpc) is 2.62. The van der Waals surface area contributed by atoms with Gasteiger partial charge in [-0.25, -0.2) is 0 Å². The van der Waals surface area contributed by atoms with Crippen LogP contribution in [0.3, 0.4) is 0 Å². The Hall–Kier alpha value is -3.02. The lowest BCUT2D eigenvalue weighted by atomic mass is 10.2. The summed E-state index contributed by atoms with van der Waals surface area (Å²) in [6, 6.07) is 14.8. The minimum absolute atomic E-state index is 0.295. The third-order valence-electron chi connectivity index (χ3n) is 3.40. The molecule has 6 heteroatoms. The maximum Gasteiger partial charge on any atom is 0.267 e. The number of amides is 1. The molecule has 1 aliphatic rings. The lowest BCUT2D eigenvalue weighted by Crippen LogP contribution is -2.26. The van der Waals surface area contributed by atoms with E-state index in [0.29, 0.717) is 30.4 Å². The van der Waals surface area contributed by atoms with Gasteiger partial charge in [-0.05, 0) is 24.6 Å². The van der Waals surface area contributed by atoms with Gasteiger partial charge in [0.05, 0.1) is 6.21 Å². The molecular weight excluding hydrogens is 308 g/mol. The molecule has 2 aromatic rings. The summed E-state index contributed by atoms with van der Waals surface area (Å²) in [6.07, 6.45) is 0.839. The third kappa shape index (κ3) is 4.04. The first-order chi connectivity index (χ1) is 11.7. The van der Waals surface area contributed by atoms with Gasteiger partial charge < -0.3 is 19.6 Å². The highest BCUT2D eigenvalue weighted by Crippen LogP contribution is 2.32. The number of anilines is 1. The fourth-order valence-electron chi connectivity index (χ4n) is 2.13. The molecule has 124 valence electrons. The lowest BCUT2D eigenvalue weighted by Gasteiger charge is -2.19. The number of oxime groups is 1. The van der Waals surface area contributed by atoms with Crippen molar-refractivity contribution < 1.29 is 19.1 Å². The molecule has 0 saturated heterocycles. The number of carbonyl (C=O) groups excluding carboxylic acids is 1. The van der Waals surface area contributed by atoms with Gasteiger partial charge in [-0.2, -0.15) is 0 Å². The number of hydrogen-bond acceptors (Lipinski definition) is 5. The number of nitrogens with zero attached hydrogens (tertiary/aromatic N) is 1. The number of benzene rings is 2. The van der Waals surface area contributed by atoms with Crippen LogP contribution in [0, 0.1) is 0 Å². The van der Waals surface area contributed by atoms with Crippen LogP contribution in [0.1, 0.15) is 12.5 Å². The van der Waals surface area contributed by atoms with Crippen molar-refractivity contribution in [2.45, 2.75) is 13.0 Å². The topological polar surface area (TPSA) is 69.2 Å². The molecule has 0 fully saturated rings. The van der Waals surface area contributed by atoms with Crippen molar-refractivity contribution in [2.75, 3.05) is 18.5 Å². The van der Waals surface area contributed by atoms with Gasteiger partial charge in [0.25, 0.3) is 5.91 Å². The highest BCUT2D eigenvalue weighted by atomic mass is 16.6. The van der Waals surface area contributed by atoms with Crippen LogP contribution in [0.5, 0.6) is 11.5 Å². The zero-order chi connectivity index (χ0) is 16.8. The average molecular weight is 326 g/mol. The maximum atomic E-state index is 12.1. The Bertz CT molecular complexity index is 731. The summed E-state index contributed by atoms with van der Waals surface area (Å²) in [5, 5.41) is 6.61. The Morgan fingerprint density at radius 3 is 2.71 bits per heavy atom. The van der Waals surface area contributed by atoms with E-state index in [0.717, 1.165) is 5.56 Å². The smallest absolute Gasteiger partial charge is 0.267 e. The molecule has 1 N–H and O–H groups in total. The molecule has 0 aliphatic carbocycles.